The molecule has 2 heterocycles. The molecule has 2 saturated carbocycles. The van der Waals surface area contributed by atoms with Crippen LogP contribution >= 0.6 is 0 Å². The van der Waals surface area contributed by atoms with E-state index >= 15 is 0 Å². The number of fused-ring (bicyclic) bond motifs is 2. The van der Waals surface area contributed by atoms with Crippen LogP contribution in [0.15, 0.2) is 24.3 Å². The second-order valence-electron chi connectivity index (χ2n) is 10.6. The first-order valence-electron chi connectivity index (χ1n) is 12.4. The Labute approximate surface area is 172 Å². The van der Waals surface area contributed by atoms with E-state index in [1.807, 2.05) is 0 Å². The standard InChI is InChI=1S/C13H20O2.C13H20/c1-3-10-12(14-10)6-8(1)5-9-2-4-11-13(7-9)15-11;1-3-7-12(8-4-1)11-13-9-5-2-6-10-13/h8-13H,1-7H2;1-3,5,12-13H,4,6-11H2. The van der Waals surface area contributed by atoms with Gasteiger partial charge in [0, 0.05) is 0 Å². The predicted molar refractivity (Wildman–Crippen MR) is 114 cm³/mol. The Hall–Kier alpha value is -0.600. The molecule has 6 aliphatic rings. The van der Waals surface area contributed by atoms with Crippen LogP contribution in [0.3, 0.4) is 0 Å². The van der Waals surface area contributed by atoms with Crippen molar-refractivity contribution in [3.63, 3.8) is 0 Å². The van der Waals surface area contributed by atoms with Crippen LogP contribution < -0.4 is 0 Å². The molecule has 2 heteroatoms. The fourth-order valence-corrected chi connectivity index (χ4v) is 6.49. The summed E-state index contributed by atoms with van der Waals surface area (Å²) in [6.45, 7) is 0. The zero-order chi connectivity index (χ0) is 18.8. The SMILES string of the molecule is C1=CCC(CC2CC=CCC2)CC1.C1CC2OC2CC1CC1CCC2OC2C1. The van der Waals surface area contributed by atoms with Gasteiger partial charge < -0.3 is 9.47 Å². The third-order valence-electron chi connectivity index (χ3n) is 8.31. The van der Waals surface area contributed by atoms with Crippen molar-refractivity contribution >= 4 is 0 Å². The maximum absolute atomic E-state index is 5.60. The lowest BCUT2D eigenvalue weighted by Gasteiger charge is -2.26. The van der Waals surface area contributed by atoms with E-state index < -0.39 is 0 Å². The van der Waals surface area contributed by atoms with Crippen LogP contribution in [0.1, 0.15) is 89.9 Å². The molecule has 0 N–H and O–H groups in total. The molecule has 0 radical (unpaired) electrons. The van der Waals surface area contributed by atoms with Gasteiger partial charge in [0.1, 0.15) is 0 Å². The minimum absolute atomic E-state index is 0.664. The van der Waals surface area contributed by atoms with Gasteiger partial charge in [-0.15, -0.1) is 0 Å². The molecule has 2 aliphatic heterocycles. The molecule has 8 unspecified atom stereocenters. The second-order valence-corrected chi connectivity index (χ2v) is 10.6. The lowest BCUT2D eigenvalue weighted by atomic mass is 9.78. The Bertz CT molecular complexity index is 519. The van der Waals surface area contributed by atoms with Crippen molar-refractivity contribution in [2.24, 2.45) is 23.7 Å². The van der Waals surface area contributed by atoms with Crippen LogP contribution in [0.5, 0.6) is 0 Å². The summed E-state index contributed by atoms with van der Waals surface area (Å²) in [5.41, 5.74) is 0. The fourth-order valence-electron chi connectivity index (χ4n) is 6.49. The molecule has 8 atom stereocenters. The van der Waals surface area contributed by atoms with Crippen LogP contribution in [0.25, 0.3) is 0 Å². The smallest absolute Gasteiger partial charge is 0.0844 e. The Morgan fingerprint density at radius 3 is 1.43 bits per heavy atom. The number of allylic oxidation sites excluding steroid dienone is 4. The van der Waals surface area contributed by atoms with Gasteiger partial charge in [0.2, 0.25) is 0 Å². The number of ether oxygens (including phenoxy) is 2. The largest absolute Gasteiger partial charge is 0.370 e. The van der Waals surface area contributed by atoms with Crippen LogP contribution in [0.4, 0.5) is 0 Å². The highest BCUT2D eigenvalue weighted by Gasteiger charge is 2.47. The number of hydrogen-bond acceptors (Lipinski definition) is 2. The van der Waals surface area contributed by atoms with E-state index in [9.17, 15) is 0 Å². The van der Waals surface area contributed by atoms with Crippen LogP contribution in [0.2, 0.25) is 0 Å². The lowest BCUT2D eigenvalue weighted by Crippen LogP contribution is -2.20. The van der Waals surface area contributed by atoms with Gasteiger partial charge in [0.25, 0.3) is 0 Å². The van der Waals surface area contributed by atoms with Crippen LogP contribution in [0, 0.1) is 23.7 Å². The van der Waals surface area contributed by atoms with E-state index in [0.717, 1.165) is 23.7 Å². The summed E-state index contributed by atoms with van der Waals surface area (Å²) in [7, 11) is 0. The zero-order valence-electron chi connectivity index (χ0n) is 17.6. The quantitative estimate of drug-likeness (QED) is 0.403. The van der Waals surface area contributed by atoms with E-state index in [1.54, 1.807) is 0 Å². The van der Waals surface area contributed by atoms with Crippen molar-refractivity contribution < 1.29 is 9.47 Å². The van der Waals surface area contributed by atoms with E-state index in [1.165, 1.54) is 89.9 Å². The topological polar surface area (TPSA) is 25.1 Å². The third-order valence-corrected chi connectivity index (χ3v) is 8.31. The normalized spacial score (nSPS) is 46.0. The van der Waals surface area contributed by atoms with Gasteiger partial charge in [-0.25, -0.2) is 0 Å². The molecule has 0 spiro atoms. The van der Waals surface area contributed by atoms with Crippen molar-refractivity contribution in [1.82, 2.24) is 0 Å². The van der Waals surface area contributed by atoms with Crippen molar-refractivity contribution in [3.05, 3.63) is 24.3 Å². The van der Waals surface area contributed by atoms with Crippen molar-refractivity contribution in [3.8, 4) is 0 Å². The van der Waals surface area contributed by atoms with E-state index in [2.05, 4.69) is 24.3 Å². The average molecular weight is 385 g/mol. The van der Waals surface area contributed by atoms with Gasteiger partial charge in [-0.05, 0) is 114 Å². The molecule has 156 valence electrons. The minimum Gasteiger partial charge on any atom is -0.370 e. The minimum atomic E-state index is 0.664. The first-order chi connectivity index (χ1) is 13.8. The first-order valence-corrected chi connectivity index (χ1v) is 12.4. The van der Waals surface area contributed by atoms with Gasteiger partial charge in [-0.2, -0.15) is 0 Å². The highest BCUT2D eigenvalue weighted by atomic mass is 16.6. The Balaban J connectivity index is 0.000000124. The van der Waals surface area contributed by atoms with Crippen molar-refractivity contribution in [2.75, 3.05) is 0 Å². The molecule has 2 saturated heterocycles. The highest BCUT2D eigenvalue weighted by molar-refractivity contribution is 4.96. The molecule has 4 aliphatic carbocycles. The van der Waals surface area contributed by atoms with Crippen LogP contribution in [-0.2, 0) is 9.47 Å². The first kappa shape index (κ1) is 19.4. The Kier molecular flexibility index (Phi) is 6.26. The van der Waals surface area contributed by atoms with E-state index in [4.69, 9.17) is 9.47 Å². The zero-order valence-corrected chi connectivity index (χ0v) is 17.6. The maximum Gasteiger partial charge on any atom is 0.0844 e. The Morgan fingerprint density at radius 1 is 0.500 bits per heavy atom. The molecule has 28 heavy (non-hydrogen) atoms. The highest BCUT2D eigenvalue weighted by Crippen LogP contribution is 2.46. The molecule has 0 aromatic carbocycles. The summed E-state index contributed by atoms with van der Waals surface area (Å²) < 4.78 is 11.2. The molecular weight excluding hydrogens is 344 g/mol. The second kappa shape index (κ2) is 9.04. The van der Waals surface area contributed by atoms with E-state index in [0.29, 0.717) is 24.4 Å². The summed E-state index contributed by atoms with van der Waals surface area (Å²) >= 11 is 0. The number of epoxide rings is 2. The molecular formula is C26H40O2. The van der Waals surface area contributed by atoms with Gasteiger partial charge in [0.05, 0.1) is 24.4 Å². The van der Waals surface area contributed by atoms with Gasteiger partial charge >= 0.3 is 0 Å². The molecule has 4 fully saturated rings. The van der Waals surface area contributed by atoms with Gasteiger partial charge in [0.15, 0.2) is 0 Å². The summed E-state index contributed by atoms with van der Waals surface area (Å²) in [6.07, 6.45) is 31.5. The molecule has 6 rings (SSSR count). The number of rotatable bonds is 4. The van der Waals surface area contributed by atoms with Crippen LogP contribution in [-0.4, -0.2) is 24.4 Å². The molecule has 0 aromatic rings. The third kappa shape index (κ3) is 5.30. The molecule has 0 amide bonds. The fraction of sp³-hybridized carbons (Fsp3) is 0.846. The van der Waals surface area contributed by atoms with Crippen molar-refractivity contribution in [1.29, 1.82) is 0 Å². The van der Waals surface area contributed by atoms with Crippen molar-refractivity contribution in [2.45, 2.75) is 114 Å². The summed E-state index contributed by atoms with van der Waals surface area (Å²) in [4.78, 5) is 0. The van der Waals surface area contributed by atoms with E-state index in [-0.39, 0.29) is 0 Å². The summed E-state index contributed by atoms with van der Waals surface area (Å²) in [5, 5.41) is 0. The molecule has 0 aromatic heterocycles. The lowest BCUT2D eigenvalue weighted by molar-refractivity contribution is 0.264. The molecule has 2 nitrogen and oxygen atoms in total. The monoisotopic (exact) mass is 384 g/mol. The summed E-state index contributed by atoms with van der Waals surface area (Å²) in [5.74, 6) is 3.94. The Morgan fingerprint density at radius 2 is 1.00 bits per heavy atom. The average Bonchev–Trinajstić information content (AvgIpc) is 3.64. The number of hydrogen-bond donors (Lipinski definition) is 0. The molecule has 0 bridgehead atoms. The maximum atomic E-state index is 5.60. The van der Waals surface area contributed by atoms with Gasteiger partial charge in [-0.3, -0.25) is 0 Å². The predicted octanol–water partition coefficient (Wildman–Crippen LogP) is 6.60. The summed E-state index contributed by atoms with van der Waals surface area (Å²) in [6, 6.07) is 0. The van der Waals surface area contributed by atoms with Gasteiger partial charge in [-0.1, -0.05) is 24.3 Å².